The van der Waals surface area contributed by atoms with E-state index in [0.29, 0.717) is 5.56 Å². The van der Waals surface area contributed by atoms with Crippen LogP contribution in [0.1, 0.15) is 29.2 Å². The van der Waals surface area contributed by atoms with Crippen LogP contribution in [0.25, 0.3) is 0 Å². The number of nitrogens with zero attached hydrogens (tertiary/aromatic N) is 3. The number of sulfone groups is 1. The summed E-state index contributed by atoms with van der Waals surface area (Å²) in [6, 6.07) is 6.19. The molecule has 194 valence electrons. The first-order chi connectivity index (χ1) is 16.5. The lowest BCUT2D eigenvalue weighted by atomic mass is 9.82. The fourth-order valence-corrected chi connectivity index (χ4v) is 5.38. The monoisotopic (exact) mass is 569 g/mol. The van der Waals surface area contributed by atoms with Crippen molar-refractivity contribution in [2.75, 3.05) is 25.1 Å². The standard InChI is InChI=1S/C22H18Cl2F5N3O3S/c1-36(34,35)9-18(33)32-10-20(26,11-32)13-4-2-12(3-5-13)17-8-21(31-30-17,22(27,28)29)14-6-15(23)19(25)16(24)7-14/h2-7,17H,8-11H2,1H3. The van der Waals surface area contributed by atoms with Crippen LogP contribution < -0.4 is 0 Å². The van der Waals surface area contributed by atoms with Crippen molar-refractivity contribution in [3.63, 3.8) is 0 Å². The maximum absolute atomic E-state index is 15.2. The second kappa shape index (κ2) is 8.91. The number of hydrogen-bond donors (Lipinski definition) is 0. The van der Waals surface area contributed by atoms with Crippen LogP contribution in [0.15, 0.2) is 46.6 Å². The van der Waals surface area contributed by atoms with Crippen molar-refractivity contribution in [1.82, 2.24) is 4.90 Å². The maximum atomic E-state index is 15.2. The molecule has 2 aromatic carbocycles. The Labute approximate surface area is 213 Å². The van der Waals surface area contributed by atoms with Crippen molar-refractivity contribution in [2.45, 2.75) is 29.8 Å². The van der Waals surface area contributed by atoms with E-state index in [1.54, 1.807) is 0 Å². The lowest BCUT2D eigenvalue weighted by Gasteiger charge is -2.44. The van der Waals surface area contributed by atoms with Gasteiger partial charge in [-0.25, -0.2) is 17.2 Å². The molecular formula is C22H18Cl2F5N3O3S. The molecule has 4 rings (SSSR count). The molecule has 0 saturated carbocycles. The van der Waals surface area contributed by atoms with E-state index >= 15 is 4.39 Å². The summed E-state index contributed by atoms with van der Waals surface area (Å²) >= 11 is 11.4. The topological polar surface area (TPSA) is 79.2 Å². The number of amides is 1. The third-order valence-electron chi connectivity index (χ3n) is 6.22. The van der Waals surface area contributed by atoms with Crippen LogP contribution in [-0.2, 0) is 25.8 Å². The first kappa shape index (κ1) is 26.7. The summed E-state index contributed by atoms with van der Waals surface area (Å²) in [5.74, 6) is -2.48. The molecule has 0 radical (unpaired) electrons. The summed E-state index contributed by atoms with van der Waals surface area (Å²) in [5, 5.41) is 6.17. The summed E-state index contributed by atoms with van der Waals surface area (Å²) in [6.45, 7) is -0.680. The fourth-order valence-electron chi connectivity index (χ4n) is 4.26. The lowest BCUT2D eigenvalue weighted by Crippen LogP contribution is -2.59. The molecule has 2 unspecified atom stereocenters. The van der Waals surface area contributed by atoms with Gasteiger partial charge in [-0.2, -0.15) is 23.4 Å². The van der Waals surface area contributed by atoms with E-state index in [-0.39, 0.29) is 18.7 Å². The van der Waals surface area contributed by atoms with Gasteiger partial charge in [-0.15, -0.1) is 0 Å². The SMILES string of the molecule is CS(=O)(=O)CC(=O)N1CC(F)(c2ccc(C3CC(c4cc(Cl)c(F)c(Cl)c4)(C(F)(F)F)N=N3)cc2)C1. The Bertz CT molecular complexity index is 1320. The Morgan fingerprint density at radius 3 is 2.17 bits per heavy atom. The molecule has 2 aromatic rings. The third-order valence-corrected chi connectivity index (χ3v) is 7.54. The number of carbonyl (C=O) groups excluding carboxylic acids is 1. The van der Waals surface area contributed by atoms with Crippen molar-refractivity contribution in [2.24, 2.45) is 10.2 Å². The second-order valence-electron chi connectivity index (χ2n) is 8.95. The van der Waals surface area contributed by atoms with Crippen LogP contribution >= 0.6 is 23.2 Å². The van der Waals surface area contributed by atoms with Gasteiger partial charge in [-0.1, -0.05) is 47.5 Å². The Kier molecular flexibility index (Phi) is 6.62. The van der Waals surface area contributed by atoms with Gasteiger partial charge < -0.3 is 4.90 Å². The molecule has 0 aliphatic carbocycles. The highest BCUT2D eigenvalue weighted by molar-refractivity contribution is 7.91. The highest BCUT2D eigenvalue weighted by atomic mass is 35.5. The minimum absolute atomic E-state index is 0.184. The average molecular weight is 570 g/mol. The quantitative estimate of drug-likeness (QED) is 0.350. The Balaban J connectivity index is 1.52. The third kappa shape index (κ3) is 4.82. The summed E-state index contributed by atoms with van der Waals surface area (Å²) in [7, 11) is -3.56. The first-order valence-corrected chi connectivity index (χ1v) is 13.2. The molecule has 6 nitrogen and oxygen atoms in total. The number of likely N-dealkylation sites (tertiary alicyclic amines) is 1. The molecule has 14 heteroatoms. The smallest absolute Gasteiger partial charge is 0.335 e. The molecule has 36 heavy (non-hydrogen) atoms. The average Bonchev–Trinajstić information content (AvgIpc) is 3.21. The van der Waals surface area contributed by atoms with Gasteiger partial charge in [0.05, 0.1) is 29.2 Å². The highest BCUT2D eigenvalue weighted by Gasteiger charge is 2.60. The molecule has 0 N–H and O–H groups in total. The zero-order valence-corrected chi connectivity index (χ0v) is 20.8. The lowest BCUT2D eigenvalue weighted by molar-refractivity contribution is -0.188. The normalized spacial score (nSPS) is 23.6. The largest absolute Gasteiger partial charge is 0.419 e. The highest BCUT2D eigenvalue weighted by Crippen LogP contribution is 2.54. The predicted molar refractivity (Wildman–Crippen MR) is 122 cm³/mol. The van der Waals surface area contributed by atoms with E-state index in [0.717, 1.165) is 23.3 Å². The molecule has 0 spiro atoms. The molecule has 2 atom stereocenters. The molecule has 2 aliphatic heterocycles. The maximum Gasteiger partial charge on any atom is 0.419 e. The van der Waals surface area contributed by atoms with E-state index in [1.165, 1.54) is 24.3 Å². The number of rotatable bonds is 5. The zero-order valence-electron chi connectivity index (χ0n) is 18.5. The summed E-state index contributed by atoms with van der Waals surface area (Å²) in [5.41, 5.74) is -4.65. The van der Waals surface area contributed by atoms with Crippen LogP contribution in [0.2, 0.25) is 10.0 Å². The summed E-state index contributed by atoms with van der Waals surface area (Å²) in [4.78, 5) is 13.0. The second-order valence-corrected chi connectivity index (χ2v) is 11.9. The van der Waals surface area contributed by atoms with E-state index in [9.17, 15) is 30.8 Å². The number of alkyl halides is 4. The van der Waals surface area contributed by atoms with Gasteiger partial charge in [0.25, 0.3) is 0 Å². The van der Waals surface area contributed by atoms with Crippen LogP contribution in [0.3, 0.4) is 0 Å². The van der Waals surface area contributed by atoms with Crippen molar-refractivity contribution in [1.29, 1.82) is 0 Å². The van der Waals surface area contributed by atoms with Crippen LogP contribution in [0.5, 0.6) is 0 Å². The van der Waals surface area contributed by atoms with E-state index in [4.69, 9.17) is 23.2 Å². The summed E-state index contributed by atoms with van der Waals surface area (Å²) < 4.78 is 94.1. The molecule has 2 heterocycles. The number of carbonyl (C=O) groups is 1. The van der Waals surface area contributed by atoms with Gasteiger partial charge in [0.2, 0.25) is 11.4 Å². The van der Waals surface area contributed by atoms with Gasteiger partial charge in [-0.05, 0) is 28.8 Å². The van der Waals surface area contributed by atoms with Gasteiger partial charge in [0.1, 0.15) is 5.75 Å². The zero-order chi connectivity index (χ0) is 26.7. The van der Waals surface area contributed by atoms with Gasteiger partial charge in [0.15, 0.2) is 21.3 Å². The van der Waals surface area contributed by atoms with E-state index in [1.807, 2.05) is 0 Å². The van der Waals surface area contributed by atoms with Crippen molar-refractivity contribution >= 4 is 38.9 Å². The minimum atomic E-state index is -4.90. The van der Waals surface area contributed by atoms with Gasteiger partial charge in [-0.3, -0.25) is 4.79 Å². The number of azo groups is 1. The molecule has 1 fully saturated rings. The van der Waals surface area contributed by atoms with Crippen molar-refractivity contribution in [3.05, 3.63) is 69.0 Å². The first-order valence-electron chi connectivity index (χ1n) is 10.4. The van der Waals surface area contributed by atoms with Crippen LogP contribution in [-0.4, -0.2) is 50.5 Å². The fraction of sp³-hybridized carbons (Fsp3) is 0.409. The van der Waals surface area contributed by atoms with Crippen LogP contribution in [0.4, 0.5) is 22.0 Å². The van der Waals surface area contributed by atoms with Crippen molar-refractivity contribution < 1.29 is 35.2 Å². The summed E-state index contributed by atoms with van der Waals surface area (Å²) in [6.07, 6.45) is -4.63. The van der Waals surface area contributed by atoms with Crippen molar-refractivity contribution in [3.8, 4) is 0 Å². The molecule has 0 bridgehead atoms. The minimum Gasteiger partial charge on any atom is -0.335 e. The Morgan fingerprint density at radius 2 is 1.67 bits per heavy atom. The number of benzene rings is 2. The molecule has 1 saturated heterocycles. The van der Waals surface area contributed by atoms with Gasteiger partial charge in [0, 0.05) is 12.7 Å². The molecule has 1 amide bonds. The van der Waals surface area contributed by atoms with E-state index in [2.05, 4.69) is 10.2 Å². The molecular weight excluding hydrogens is 552 g/mol. The van der Waals surface area contributed by atoms with Crippen LogP contribution in [0, 0.1) is 5.82 Å². The molecule has 0 aromatic heterocycles. The Hall–Kier alpha value is -2.31. The predicted octanol–water partition coefficient (Wildman–Crippen LogP) is 5.54. The van der Waals surface area contributed by atoms with Gasteiger partial charge >= 0.3 is 6.18 Å². The Morgan fingerprint density at radius 1 is 1.11 bits per heavy atom. The molecule has 2 aliphatic rings. The number of halogens is 7. The number of hydrogen-bond acceptors (Lipinski definition) is 5. The van der Waals surface area contributed by atoms with E-state index < -0.39 is 72.8 Å².